The lowest BCUT2D eigenvalue weighted by Gasteiger charge is -2.40. The molecular weight excluding hydrogens is 613 g/mol. The molecule has 1 saturated carbocycles. The quantitative estimate of drug-likeness (QED) is 0.234. The van der Waals surface area contributed by atoms with Gasteiger partial charge in [-0.15, -0.1) is 32.9 Å². The average Bonchev–Trinajstić information content (AvgIpc) is 3.77. The van der Waals surface area contributed by atoms with Crippen molar-refractivity contribution in [3.63, 3.8) is 0 Å². The number of thiophene rings is 2. The number of hydrogen-bond donors (Lipinski definition) is 1. The van der Waals surface area contributed by atoms with Crippen molar-refractivity contribution < 1.29 is 18.4 Å². The monoisotopic (exact) mass is 659 g/mol. The number of piperidine rings is 1. The first kappa shape index (κ1) is 33.9. The SMILES string of the molecule is Cc1csc(C=O)c1.Cc1csc([C@H](CCN2C3CCC2CC(n2c(C)nnc2C(C)C)C3)NC(=O)C2CCC(F)(F)CC2)c1. The first-order chi connectivity index (χ1) is 21.4. The lowest BCUT2D eigenvalue weighted by molar-refractivity contribution is -0.130. The van der Waals surface area contributed by atoms with Gasteiger partial charge in [-0.05, 0) is 99.7 Å². The van der Waals surface area contributed by atoms with E-state index in [0.29, 0.717) is 24.0 Å². The summed E-state index contributed by atoms with van der Waals surface area (Å²) in [6, 6.07) is 5.48. The van der Waals surface area contributed by atoms with Crippen molar-refractivity contribution in [1.29, 1.82) is 0 Å². The number of nitrogens with one attached hydrogen (secondary N) is 1. The minimum Gasteiger partial charge on any atom is -0.348 e. The van der Waals surface area contributed by atoms with E-state index in [1.54, 1.807) is 11.3 Å². The number of hydrogen-bond acceptors (Lipinski definition) is 7. The van der Waals surface area contributed by atoms with Crippen LogP contribution in [0, 0.1) is 26.7 Å². The van der Waals surface area contributed by atoms with Gasteiger partial charge in [0.2, 0.25) is 11.8 Å². The smallest absolute Gasteiger partial charge is 0.248 e. The van der Waals surface area contributed by atoms with Crippen LogP contribution in [0.2, 0.25) is 0 Å². The van der Waals surface area contributed by atoms with Crippen LogP contribution in [0.3, 0.4) is 0 Å². The van der Waals surface area contributed by atoms with Crippen LogP contribution in [0.15, 0.2) is 22.9 Å². The topological polar surface area (TPSA) is 80.1 Å². The van der Waals surface area contributed by atoms with E-state index >= 15 is 0 Å². The molecule has 3 fully saturated rings. The summed E-state index contributed by atoms with van der Waals surface area (Å²) >= 11 is 3.17. The normalized spacial score (nSPS) is 23.9. The molecule has 1 N–H and O–H groups in total. The second-order valence-electron chi connectivity index (χ2n) is 13.5. The van der Waals surface area contributed by atoms with Gasteiger partial charge in [0, 0.05) is 54.2 Å². The molecule has 3 aromatic rings. The molecule has 6 rings (SSSR count). The molecule has 2 bridgehead atoms. The molecule has 1 aliphatic carbocycles. The van der Waals surface area contributed by atoms with Crippen molar-refractivity contribution >= 4 is 34.9 Å². The first-order valence-corrected chi connectivity index (χ1v) is 18.1. The standard InChI is InChI=1S/C28H41F2N5OS.C6H6OS/c1-17(2)26-33-32-19(4)35(26)23-14-21-5-6-22(15-23)34(21)12-9-24(25-13-18(3)16-37-25)31-27(36)20-7-10-28(29,30)11-8-20;1-5-2-6(3-7)8-4-5/h13,16-17,20-24H,5-12,14-15H2,1-4H3,(H,31,36);2-4H,1H3/t21?,22?,23?,24-;/m0./s1. The van der Waals surface area contributed by atoms with Gasteiger partial charge in [0.25, 0.3) is 0 Å². The average molecular weight is 660 g/mol. The lowest BCUT2D eigenvalue weighted by Crippen LogP contribution is -2.45. The lowest BCUT2D eigenvalue weighted by atomic mass is 9.86. The Morgan fingerprint density at radius 1 is 1.00 bits per heavy atom. The molecule has 246 valence electrons. The van der Waals surface area contributed by atoms with E-state index in [1.165, 1.54) is 29.7 Å². The van der Waals surface area contributed by atoms with Crippen molar-refractivity contribution in [1.82, 2.24) is 25.0 Å². The van der Waals surface area contributed by atoms with Gasteiger partial charge in [0.05, 0.1) is 10.9 Å². The van der Waals surface area contributed by atoms with E-state index in [-0.39, 0.29) is 43.6 Å². The fourth-order valence-electron chi connectivity index (χ4n) is 7.36. The zero-order chi connectivity index (χ0) is 32.3. The zero-order valence-corrected chi connectivity index (χ0v) is 28.7. The van der Waals surface area contributed by atoms with Crippen LogP contribution in [0.4, 0.5) is 8.78 Å². The van der Waals surface area contributed by atoms with Gasteiger partial charge < -0.3 is 9.88 Å². The number of amides is 1. The van der Waals surface area contributed by atoms with Gasteiger partial charge in [-0.25, -0.2) is 8.78 Å². The Bertz CT molecular complexity index is 1430. The maximum Gasteiger partial charge on any atom is 0.248 e. The summed E-state index contributed by atoms with van der Waals surface area (Å²) in [5, 5.41) is 16.2. The van der Waals surface area contributed by atoms with Crippen molar-refractivity contribution in [2.75, 3.05) is 6.54 Å². The van der Waals surface area contributed by atoms with Gasteiger partial charge >= 0.3 is 0 Å². The van der Waals surface area contributed by atoms with Crippen LogP contribution in [0.1, 0.15) is 127 Å². The van der Waals surface area contributed by atoms with Crippen LogP contribution in [0.5, 0.6) is 0 Å². The van der Waals surface area contributed by atoms with E-state index in [2.05, 4.69) is 64.1 Å². The largest absolute Gasteiger partial charge is 0.348 e. The minimum atomic E-state index is -2.62. The summed E-state index contributed by atoms with van der Waals surface area (Å²) in [6.45, 7) is 11.4. The highest BCUT2D eigenvalue weighted by molar-refractivity contribution is 7.11. The Labute approximate surface area is 273 Å². The number of carbonyl (C=O) groups is 2. The van der Waals surface area contributed by atoms with Gasteiger partial charge in [0.15, 0.2) is 6.29 Å². The molecule has 0 radical (unpaired) electrons. The molecule has 2 saturated heterocycles. The number of fused-ring (bicyclic) bond motifs is 2. The summed E-state index contributed by atoms with van der Waals surface area (Å²) in [5.74, 6) is -0.529. The molecule has 5 heterocycles. The maximum absolute atomic E-state index is 13.6. The molecule has 2 aliphatic heterocycles. The van der Waals surface area contributed by atoms with Crippen LogP contribution in [-0.2, 0) is 4.79 Å². The second kappa shape index (κ2) is 14.5. The third-order valence-electron chi connectivity index (χ3n) is 9.68. The molecular formula is C34H47F2N5O2S2. The minimum absolute atomic E-state index is 0.0578. The Morgan fingerprint density at radius 2 is 1.64 bits per heavy atom. The van der Waals surface area contributed by atoms with Crippen molar-refractivity contribution in [3.05, 3.63) is 55.4 Å². The van der Waals surface area contributed by atoms with Gasteiger partial charge in [0.1, 0.15) is 11.6 Å². The fourth-order valence-corrected chi connectivity index (χ4v) is 9.04. The number of aldehydes is 1. The third kappa shape index (κ3) is 8.27. The second-order valence-corrected chi connectivity index (χ2v) is 15.4. The molecule has 0 spiro atoms. The van der Waals surface area contributed by atoms with E-state index in [4.69, 9.17) is 0 Å². The van der Waals surface area contributed by atoms with Crippen LogP contribution in [-0.4, -0.2) is 56.4 Å². The predicted octanol–water partition coefficient (Wildman–Crippen LogP) is 8.19. The summed E-state index contributed by atoms with van der Waals surface area (Å²) in [5.41, 5.74) is 2.36. The summed E-state index contributed by atoms with van der Waals surface area (Å²) in [6.07, 6.45) is 6.54. The molecule has 11 heteroatoms. The van der Waals surface area contributed by atoms with Gasteiger partial charge in [-0.1, -0.05) is 13.8 Å². The number of carbonyl (C=O) groups excluding carboxylic acids is 2. The summed E-state index contributed by atoms with van der Waals surface area (Å²) < 4.78 is 29.7. The Hall–Kier alpha value is -2.50. The fraction of sp³-hybridized carbons (Fsp3) is 0.647. The van der Waals surface area contributed by atoms with Gasteiger partial charge in [-0.3, -0.25) is 14.5 Å². The van der Waals surface area contributed by atoms with E-state index < -0.39 is 5.92 Å². The predicted molar refractivity (Wildman–Crippen MR) is 177 cm³/mol. The number of nitrogens with zero attached hydrogens (tertiary/aromatic N) is 4. The highest BCUT2D eigenvalue weighted by Crippen LogP contribution is 2.43. The molecule has 3 atom stereocenters. The van der Waals surface area contributed by atoms with Crippen molar-refractivity contribution in [3.8, 4) is 0 Å². The number of aromatic nitrogens is 3. The van der Waals surface area contributed by atoms with Crippen LogP contribution in [0.25, 0.3) is 0 Å². The van der Waals surface area contributed by atoms with E-state index in [0.717, 1.165) is 59.1 Å². The molecule has 0 aromatic carbocycles. The van der Waals surface area contributed by atoms with Gasteiger partial charge in [-0.2, -0.15) is 0 Å². The number of rotatable bonds is 9. The number of aryl methyl sites for hydroxylation is 3. The highest BCUT2D eigenvalue weighted by atomic mass is 32.1. The summed E-state index contributed by atoms with van der Waals surface area (Å²) in [4.78, 5) is 27.8. The number of halogens is 2. The van der Waals surface area contributed by atoms with Crippen LogP contribution >= 0.6 is 22.7 Å². The van der Waals surface area contributed by atoms with E-state index in [1.807, 2.05) is 18.4 Å². The Kier molecular flexibility index (Phi) is 10.9. The molecule has 2 unspecified atom stereocenters. The van der Waals surface area contributed by atoms with Crippen molar-refractivity contribution in [2.24, 2.45) is 5.92 Å². The molecule has 1 amide bonds. The Balaban J connectivity index is 0.000000436. The summed E-state index contributed by atoms with van der Waals surface area (Å²) in [7, 11) is 0. The van der Waals surface area contributed by atoms with Crippen molar-refractivity contribution in [2.45, 2.75) is 128 Å². The zero-order valence-electron chi connectivity index (χ0n) is 27.1. The molecule has 3 aliphatic rings. The molecule has 7 nitrogen and oxygen atoms in total. The molecule has 45 heavy (non-hydrogen) atoms. The van der Waals surface area contributed by atoms with Crippen LogP contribution < -0.4 is 5.32 Å². The first-order valence-electron chi connectivity index (χ1n) is 16.3. The highest BCUT2D eigenvalue weighted by Gasteiger charge is 2.43. The third-order valence-corrected chi connectivity index (χ3v) is 11.8. The number of alkyl halides is 2. The van der Waals surface area contributed by atoms with E-state index in [9.17, 15) is 18.4 Å². The maximum atomic E-state index is 13.6. The Morgan fingerprint density at radius 3 is 2.18 bits per heavy atom. The molecule has 3 aromatic heterocycles.